The lowest BCUT2D eigenvalue weighted by Crippen LogP contribution is -2.12. The lowest BCUT2D eigenvalue weighted by Gasteiger charge is -1.99. The Labute approximate surface area is 112 Å². The van der Waals surface area contributed by atoms with Crippen molar-refractivity contribution in [1.82, 2.24) is 4.57 Å². The maximum atomic E-state index is 11.9. The van der Waals surface area contributed by atoms with Crippen molar-refractivity contribution in [3.8, 4) is 0 Å². The van der Waals surface area contributed by atoms with Gasteiger partial charge in [0.05, 0.1) is 10.6 Å². The average molecular weight is 287 g/mol. The van der Waals surface area contributed by atoms with Crippen molar-refractivity contribution < 1.29 is 4.79 Å². The topological polar surface area (TPSA) is 34.4 Å². The van der Waals surface area contributed by atoms with E-state index in [1.54, 1.807) is 16.7 Å². The number of hydrogen-bond acceptors (Lipinski definition) is 2. The van der Waals surface area contributed by atoms with Crippen LogP contribution in [0.1, 0.15) is 10.4 Å². The molecule has 0 radical (unpaired) electrons. The highest BCUT2D eigenvalue weighted by Crippen LogP contribution is 2.21. The molecule has 1 amide bonds. The van der Waals surface area contributed by atoms with Crippen LogP contribution in [0.3, 0.4) is 0 Å². The van der Waals surface area contributed by atoms with Gasteiger partial charge in [0.25, 0.3) is 5.91 Å². The number of amides is 1. The number of halogens is 2. The first kappa shape index (κ1) is 12.4. The minimum Gasteiger partial charge on any atom is -0.327 e. The van der Waals surface area contributed by atoms with Gasteiger partial charge in [0.15, 0.2) is 4.80 Å². The minimum absolute atomic E-state index is 0.313. The van der Waals surface area contributed by atoms with Crippen LogP contribution < -0.4 is 4.80 Å². The molecular formula is C11H8Cl2N2OS. The average Bonchev–Trinajstić information content (AvgIpc) is 2.68. The molecule has 0 saturated carbocycles. The molecule has 0 fully saturated rings. The SMILES string of the molecule is Cn1ccsc1=NC(=O)c1cc(Cl)ccc1Cl. The van der Waals surface area contributed by atoms with E-state index in [9.17, 15) is 4.79 Å². The van der Waals surface area contributed by atoms with Crippen molar-refractivity contribution in [3.05, 3.63) is 50.2 Å². The summed E-state index contributed by atoms with van der Waals surface area (Å²) in [7, 11) is 1.82. The molecule has 1 heterocycles. The second-order valence-corrected chi connectivity index (χ2v) is 5.05. The number of benzene rings is 1. The predicted molar refractivity (Wildman–Crippen MR) is 69.6 cm³/mol. The van der Waals surface area contributed by atoms with E-state index in [2.05, 4.69) is 4.99 Å². The third-order valence-corrected chi connectivity index (χ3v) is 3.53. The molecule has 3 nitrogen and oxygen atoms in total. The zero-order chi connectivity index (χ0) is 12.4. The molecule has 0 bridgehead atoms. The molecule has 6 heteroatoms. The fourth-order valence-electron chi connectivity index (χ4n) is 1.24. The highest BCUT2D eigenvalue weighted by Gasteiger charge is 2.10. The zero-order valence-electron chi connectivity index (χ0n) is 8.85. The van der Waals surface area contributed by atoms with Crippen molar-refractivity contribution >= 4 is 40.4 Å². The van der Waals surface area contributed by atoms with Crippen LogP contribution in [0.2, 0.25) is 10.0 Å². The van der Waals surface area contributed by atoms with Crippen LogP contribution >= 0.6 is 34.5 Å². The maximum absolute atomic E-state index is 11.9. The fourth-order valence-corrected chi connectivity index (χ4v) is 2.34. The van der Waals surface area contributed by atoms with Crippen LogP contribution in [-0.2, 0) is 7.05 Å². The number of carbonyl (C=O) groups is 1. The van der Waals surface area contributed by atoms with Crippen molar-refractivity contribution in [3.63, 3.8) is 0 Å². The molecule has 1 aromatic heterocycles. The molecule has 0 atom stereocenters. The summed E-state index contributed by atoms with van der Waals surface area (Å²) in [6, 6.07) is 4.73. The number of aromatic nitrogens is 1. The number of thiazole rings is 1. The third kappa shape index (κ3) is 2.77. The van der Waals surface area contributed by atoms with Gasteiger partial charge in [-0.25, -0.2) is 0 Å². The molecule has 1 aromatic carbocycles. The zero-order valence-corrected chi connectivity index (χ0v) is 11.2. The number of nitrogens with zero attached hydrogens (tertiary/aromatic N) is 2. The van der Waals surface area contributed by atoms with Crippen LogP contribution in [-0.4, -0.2) is 10.5 Å². The molecule has 0 N–H and O–H groups in total. The highest BCUT2D eigenvalue weighted by atomic mass is 35.5. The maximum Gasteiger partial charge on any atom is 0.281 e. The molecule has 0 aliphatic carbocycles. The predicted octanol–water partition coefficient (Wildman–Crippen LogP) is 3.13. The van der Waals surface area contributed by atoms with E-state index < -0.39 is 5.91 Å². The quantitative estimate of drug-likeness (QED) is 0.793. The Kier molecular flexibility index (Phi) is 3.66. The van der Waals surface area contributed by atoms with E-state index in [0.29, 0.717) is 20.4 Å². The second kappa shape index (κ2) is 5.04. The van der Waals surface area contributed by atoms with Gasteiger partial charge in [-0.05, 0) is 18.2 Å². The van der Waals surface area contributed by atoms with E-state index in [1.165, 1.54) is 17.4 Å². The van der Waals surface area contributed by atoms with Crippen molar-refractivity contribution in [2.45, 2.75) is 0 Å². The van der Waals surface area contributed by atoms with Crippen molar-refractivity contribution in [2.75, 3.05) is 0 Å². The summed E-state index contributed by atoms with van der Waals surface area (Å²) in [4.78, 5) is 16.5. The summed E-state index contributed by atoms with van der Waals surface area (Å²) in [6.07, 6.45) is 1.83. The van der Waals surface area contributed by atoms with Gasteiger partial charge in [0, 0.05) is 23.6 Å². The first-order chi connectivity index (χ1) is 8.08. The minimum atomic E-state index is -0.393. The summed E-state index contributed by atoms with van der Waals surface area (Å²) in [5.41, 5.74) is 0.313. The number of aryl methyl sites for hydroxylation is 1. The first-order valence-electron chi connectivity index (χ1n) is 4.72. The van der Waals surface area contributed by atoms with Crippen LogP contribution in [0, 0.1) is 0 Å². The van der Waals surface area contributed by atoms with Crippen LogP contribution in [0.25, 0.3) is 0 Å². The molecule has 0 aliphatic heterocycles. The Morgan fingerprint density at radius 1 is 1.41 bits per heavy atom. The Morgan fingerprint density at radius 2 is 2.18 bits per heavy atom. The van der Waals surface area contributed by atoms with E-state index in [1.807, 2.05) is 18.6 Å². The van der Waals surface area contributed by atoms with Gasteiger partial charge in [-0.15, -0.1) is 11.3 Å². The molecule has 2 rings (SSSR count). The van der Waals surface area contributed by atoms with E-state index in [-0.39, 0.29) is 0 Å². The van der Waals surface area contributed by atoms with Gasteiger partial charge in [-0.1, -0.05) is 23.2 Å². The summed E-state index contributed by atoms with van der Waals surface area (Å²) in [6.45, 7) is 0. The lowest BCUT2D eigenvalue weighted by molar-refractivity contribution is 0.0998. The molecule has 0 aliphatic rings. The summed E-state index contributed by atoms with van der Waals surface area (Å²) in [5.74, 6) is -0.393. The van der Waals surface area contributed by atoms with Gasteiger partial charge < -0.3 is 4.57 Å². The molecule has 0 unspecified atom stereocenters. The summed E-state index contributed by atoms with van der Waals surface area (Å²) >= 11 is 13.1. The Hall–Kier alpha value is -1.10. The van der Waals surface area contributed by atoms with Crippen molar-refractivity contribution in [1.29, 1.82) is 0 Å². The highest BCUT2D eigenvalue weighted by molar-refractivity contribution is 7.07. The van der Waals surface area contributed by atoms with Gasteiger partial charge >= 0.3 is 0 Å². The standard InChI is InChI=1S/C11H8Cl2N2OS/c1-15-4-5-17-11(15)14-10(16)8-6-7(12)2-3-9(8)13/h2-6H,1H3. The Bertz CT molecular complexity index is 630. The summed E-state index contributed by atoms with van der Waals surface area (Å²) in [5, 5.41) is 2.66. The fraction of sp³-hybridized carbons (Fsp3) is 0.0909. The van der Waals surface area contributed by atoms with E-state index in [4.69, 9.17) is 23.2 Å². The van der Waals surface area contributed by atoms with Crippen LogP contribution in [0.4, 0.5) is 0 Å². The molecular weight excluding hydrogens is 279 g/mol. The third-order valence-electron chi connectivity index (χ3n) is 2.12. The molecule has 0 spiro atoms. The number of carbonyl (C=O) groups excluding carboxylic acids is 1. The van der Waals surface area contributed by atoms with Crippen molar-refractivity contribution in [2.24, 2.45) is 12.0 Å². The first-order valence-corrected chi connectivity index (χ1v) is 6.36. The van der Waals surface area contributed by atoms with E-state index in [0.717, 1.165) is 0 Å². The lowest BCUT2D eigenvalue weighted by atomic mass is 10.2. The Morgan fingerprint density at radius 3 is 2.82 bits per heavy atom. The van der Waals surface area contributed by atoms with Gasteiger partial charge in [-0.2, -0.15) is 4.99 Å². The monoisotopic (exact) mass is 286 g/mol. The smallest absolute Gasteiger partial charge is 0.281 e. The van der Waals surface area contributed by atoms with Gasteiger partial charge in [-0.3, -0.25) is 4.79 Å². The molecule has 0 saturated heterocycles. The van der Waals surface area contributed by atoms with Gasteiger partial charge in [0.2, 0.25) is 0 Å². The molecule has 17 heavy (non-hydrogen) atoms. The normalized spacial score (nSPS) is 11.8. The second-order valence-electron chi connectivity index (χ2n) is 3.34. The number of hydrogen-bond donors (Lipinski definition) is 0. The Balaban J connectivity index is 2.46. The number of rotatable bonds is 1. The van der Waals surface area contributed by atoms with E-state index >= 15 is 0 Å². The largest absolute Gasteiger partial charge is 0.327 e. The molecule has 2 aromatic rings. The van der Waals surface area contributed by atoms with Crippen LogP contribution in [0.15, 0.2) is 34.8 Å². The van der Waals surface area contributed by atoms with Crippen LogP contribution in [0.5, 0.6) is 0 Å². The molecule has 88 valence electrons. The van der Waals surface area contributed by atoms with Gasteiger partial charge in [0.1, 0.15) is 0 Å². The summed E-state index contributed by atoms with van der Waals surface area (Å²) < 4.78 is 1.76.